The third-order valence-corrected chi connectivity index (χ3v) is 5.78. The number of fused-ring (bicyclic) bond motifs is 1. The van der Waals surface area contributed by atoms with E-state index in [1.54, 1.807) is 4.90 Å². The van der Waals surface area contributed by atoms with E-state index in [0.29, 0.717) is 15.8 Å². The number of carbonyl (C=O) groups excluding carboxylic acids is 1. The van der Waals surface area contributed by atoms with Gasteiger partial charge < -0.3 is 4.74 Å². The number of ether oxygens (including phenoxy) is 1. The summed E-state index contributed by atoms with van der Waals surface area (Å²) in [5.74, 6) is 0.682. The Morgan fingerprint density at radius 2 is 1.79 bits per heavy atom. The number of carbonyl (C=O) groups is 1. The van der Waals surface area contributed by atoms with Crippen LogP contribution in [-0.2, 0) is 4.79 Å². The second kappa shape index (κ2) is 8.17. The molecular formula is C23H19NO2S2. The molecule has 4 rings (SSSR count). The quantitative estimate of drug-likeness (QED) is 0.383. The number of anilines is 1. The van der Waals surface area contributed by atoms with Crippen molar-refractivity contribution >= 4 is 56.7 Å². The average Bonchev–Trinajstić information content (AvgIpc) is 3.01. The van der Waals surface area contributed by atoms with Gasteiger partial charge in [-0.25, -0.2) is 0 Å². The summed E-state index contributed by atoms with van der Waals surface area (Å²) in [5.41, 5.74) is 1.70. The molecule has 1 saturated heterocycles. The maximum atomic E-state index is 13.1. The highest BCUT2D eigenvalue weighted by Crippen LogP contribution is 2.38. The standard InChI is InChI=1S/C23H19NO2S2/c1-2-14-26-20-13-12-16-8-6-7-11-18(16)19(20)15-21-22(25)24(23(27)28-21)17-9-4-3-5-10-17/h3-13,15H,2,14H2,1H3/b21-15-. The second-order valence-corrected chi connectivity index (χ2v) is 8.08. The smallest absolute Gasteiger partial charge is 0.270 e. The highest BCUT2D eigenvalue weighted by Gasteiger charge is 2.33. The Morgan fingerprint density at radius 3 is 2.57 bits per heavy atom. The lowest BCUT2D eigenvalue weighted by atomic mass is 10.0. The van der Waals surface area contributed by atoms with Gasteiger partial charge in [-0.15, -0.1) is 0 Å². The molecule has 0 aromatic heterocycles. The van der Waals surface area contributed by atoms with Gasteiger partial charge in [0.25, 0.3) is 5.91 Å². The molecule has 28 heavy (non-hydrogen) atoms. The van der Waals surface area contributed by atoms with E-state index in [-0.39, 0.29) is 5.91 Å². The van der Waals surface area contributed by atoms with Crippen LogP contribution in [0.1, 0.15) is 18.9 Å². The lowest BCUT2D eigenvalue weighted by Crippen LogP contribution is -2.27. The molecule has 0 radical (unpaired) electrons. The average molecular weight is 406 g/mol. The highest BCUT2D eigenvalue weighted by molar-refractivity contribution is 8.27. The molecule has 5 heteroatoms. The molecule has 0 N–H and O–H groups in total. The largest absolute Gasteiger partial charge is 0.493 e. The molecule has 3 nitrogen and oxygen atoms in total. The highest BCUT2D eigenvalue weighted by atomic mass is 32.2. The summed E-state index contributed by atoms with van der Waals surface area (Å²) in [6, 6.07) is 21.6. The van der Waals surface area contributed by atoms with E-state index in [4.69, 9.17) is 17.0 Å². The van der Waals surface area contributed by atoms with Crippen molar-refractivity contribution in [1.29, 1.82) is 0 Å². The van der Waals surface area contributed by atoms with Gasteiger partial charge in [-0.3, -0.25) is 9.69 Å². The number of thioether (sulfide) groups is 1. The first kappa shape index (κ1) is 18.7. The molecule has 1 aliphatic rings. The summed E-state index contributed by atoms with van der Waals surface area (Å²) in [6.07, 6.45) is 2.83. The predicted molar refractivity (Wildman–Crippen MR) is 122 cm³/mol. The molecule has 140 valence electrons. The van der Waals surface area contributed by atoms with Crippen LogP contribution in [-0.4, -0.2) is 16.8 Å². The minimum atomic E-state index is -0.101. The van der Waals surface area contributed by atoms with Crippen molar-refractivity contribution < 1.29 is 9.53 Å². The third kappa shape index (κ3) is 3.55. The van der Waals surface area contributed by atoms with Crippen molar-refractivity contribution in [3.05, 3.63) is 77.2 Å². The molecule has 1 fully saturated rings. The number of hydrogen-bond donors (Lipinski definition) is 0. The lowest BCUT2D eigenvalue weighted by molar-refractivity contribution is -0.113. The van der Waals surface area contributed by atoms with Gasteiger partial charge >= 0.3 is 0 Å². The molecule has 1 heterocycles. The summed E-state index contributed by atoms with van der Waals surface area (Å²) in [6.45, 7) is 2.70. The number of benzene rings is 3. The number of nitrogens with zero attached hydrogens (tertiary/aromatic N) is 1. The second-order valence-electron chi connectivity index (χ2n) is 6.40. The zero-order valence-electron chi connectivity index (χ0n) is 15.4. The van der Waals surface area contributed by atoms with Crippen molar-refractivity contribution in [2.75, 3.05) is 11.5 Å². The van der Waals surface area contributed by atoms with Crippen LogP contribution >= 0.6 is 24.0 Å². The first-order valence-corrected chi connectivity index (χ1v) is 10.4. The van der Waals surface area contributed by atoms with Crippen LogP contribution in [0.15, 0.2) is 71.6 Å². The lowest BCUT2D eigenvalue weighted by Gasteiger charge is -2.14. The summed E-state index contributed by atoms with van der Waals surface area (Å²) >= 11 is 6.81. The van der Waals surface area contributed by atoms with Crippen molar-refractivity contribution in [2.24, 2.45) is 0 Å². The van der Waals surface area contributed by atoms with Gasteiger partial charge in [0.05, 0.1) is 17.2 Å². The molecule has 0 bridgehead atoms. The summed E-state index contributed by atoms with van der Waals surface area (Å²) in [7, 11) is 0. The van der Waals surface area contributed by atoms with E-state index < -0.39 is 0 Å². The summed E-state index contributed by atoms with van der Waals surface area (Å²) in [4.78, 5) is 15.3. The fourth-order valence-electron chi connectivity index (χ4n) is 3.16. The van der Waals surface area contributed by atoms with Gasteiger partial charge in [0, 0.05) is 5.56 Å². The van der Waals surface area contributed by atoms with Crippen LogP contribution in [0.5, 0.6) is 5.75 Å². The molecule has 0 saturated carbocycles. The molecular weight excluding hydrogens is 386 g/mol. The SMILES string of the molecule is CCCOc1ccc2ccccc2c1/C=C1\SC(=S)N(c2ccccc2)C1=O. The van der Waals surface area contributed by atoms with E-state index in [0.717, 1.165) is 34.2 Å². The number of para-hydroxylation sites is 1. The first-order valence-electron chi connectivity index (χ1n) is 9.16. The molecule has 1 amide bonds. The van der Waals surface area contributed by atoms with Gasteiger partial charge in [-0.1, -0.05) is 79.4 Å². The van der Waals surface area contributed by atoms with Crippen LogP contribution in [0, 0.1) is 0 Å². The Hall–Kier alpha value is -2.63. The molecule has 0 atom stereocenters. The van der Waals surface area contributed by atoms with Gasteiger partial charge in [0.1, 0.15) is 5.75 Å². The summed E-state index contributed by atoms with van der Waals surface area (Å²) < 4.78 is 6.51. The van der Waals surface area contributed by atoms with Gasteiger partial charge in [0.2, 0.25) is 0 Å². The van der Waals surface area contributed by atoms with E-state index in [1.165, 1.54) is 11.8 Å². The van der Waals surface area contributed by atoms with Gasteiger partial charge in [-0.2, -0.15) is 0 Å². The fraction of sp³-hybridized carbons (Fsp3) is 0.130. The zero-order valence-corrected chi connectivity index (χ0v) is 17.1. The van der Waals surface area contributed by atoms with E-state index in [9.17, 15) is 4.79 Å². The molecule has 3 aromatic carbocycles. The van der Waals surface area contributed by atoms with Gasteiger partial charge in [-0.05, 0) is 41.5 Å². The molecule has 1 aliphatic heterocycles. The maximum Gasteiger partial charge on any atom is 0.270 e. The third-order valence-electron chi connectivity index (χ3n) is 4.48. The summed E-state index contributed by atoms with van der Waals surface area (Å²) in [5, 5.41) is 2.16. The van der Waals surface area contributed by atoms with Crippen molar-refractivity contribution in [2.45, 2.75) is 13.3 Å². The van der Waals surface area contributed by atoms with Gasteiger partial charge in [0.15, 0.2) is 4.32 Å². The predicted octanol–water partition coefficient (Wildman–Crippen LogP) is 6.03. The monoisotopic (exact) mass is 405 g/mol. The zero-order chi connectivity index (χ0) is 19.5. The van der Waals surface area contributed by atoms with Crippen LogP contribution in [0.3, 0.4) is 0 Å². The number of rotatable bonds is 5. The molecule has 0 unspecified atom stereocenters. The van der Waals surface area contributed by atoms with E-state index in [1.807, 2.05) is 60.7 Å². The first-order chi connectivity index (χ1) is 13.7. The number of amides is 1. The molecule has 0 aliphatic carbocycles. The Morgan fingerprint density at radius 1 is 1.04 bits per heavy atom. The van der Waals surface area contributed by atoms with Crippen LogP contribution < -0.4 is 9.64 Å². The van der Waals surface area contributed by atoms with E-state index in [2.05, 4.69) is 19.1 Å². The fourth-order valence-corrected chi connectivity index (χ4v) is 4.44. The van der Waals surface area contributed by atoms with Crippen molar-refractivity contribution in [1.82, 2.24) is 0 Å². The number of hydrogen-bond acceptors (Lipinski definition) is 4. The van der Waals surface area contributed by atoms with E-state index >= 15 is 0 Å². The molecule has 0 spiro atoms. The Kier molecular flexibility index (Phi) is 5.46. The molecule has 3 aromatic rings. The normalized spacial score (nSPS) is 15.6. The maximum absolute atomic E-state index is 13.1. The number of thiocarbonyl (C=S) groups is 1. The van der Waals surface area contributed by atoms with Crippen molar-refractivity contribution in [3.8, 4) is 5.75 Å². The van der Waals surface area contributed by atoms with Crippen molar-refractivity contribution in [3.63, 3.8) is 0 Å². The van der Waals surface area contributed by atoms with Crippen LogP contribution in [0.25, 0.3) is 16.8 Å². The van der Waals surface area contributed by atoms with Crippen LogP contribution in [0.4, 0.5) is 5.69 Å². The van der Waals surface area contributed by atoms with Crippen LogP contribution in [0.2, 0.25) is 0 Å². The minimum Gasteiger partial charge on any atom is -0.493 e. The Balaban J connectivity index is 1.79. The topological polar surface area (TPSA) is 29.5 Å². The Labute approximate surface area is 174 Å². The Bertz CT molecular complexity index is 1080. The minimum absolute atomic E-state index is 0.101.